The van der Waals surface area contributed by atoms with Crippen molar-refractivity contribution in [2.75, 3.05) is 47.1 Å². The van der Waals surface area contributed by atoms with Gasteiger partial charge in [-0.3, -0.25) is 4.79 Å². The molecule has 21 heavy (non-hydrogen) atoms. The Balaban J connectivity index is 2.42. The molecule has 0 unspecified atom stereocenters. The van der Waals surface area contributed by atoms with Crippen molar-refractivity contribution in [2.45, 2.75) is 12.8 Å². The van der Waals surface area contributed by atoms with E-state index >= 15 is 0 Å². The predicted molar refractivity (Wildman–Crippen MR) is 85.2 cm³/mol. The Bertz CT molecular complexity index is 408. The van der Waals surface area contributed by atoms with Crippen molar-refractivity contribution >= 4 is 17.4 Å². The molecule has 0 aliphatic carbocycles. The van der Waals surface area contributed by atoms with E-state index in [1.165, 1.54) is 0 Å². The lowest BCUT2D eigenvalue weighted by Gasteiger charge is -2.21. The summed E-state index contributed by atoms with van der Waals surface area (Å²) in [6.45, 7) is 3.87. The van der Waals surface area contributed by atoms with Crippen molar-refractivity contribution in [3.63, 3.8) is 0 Å². The van der Waals surface area contributed by atoms with Gasteiger partial charge in [-0.05, 0) is 30.7 Å². The van der Waals surface area contributed by atoms with Crippen LogP contribution in [0.2, 0.25) is 5.02 Å². The molecule has 0 N–H and O–H groups in total. The number of rotatable bonds is 11. The van der Waals surface area contributed by atoms with Crippen LogP contribution in [0, 0.1) is 0 Å². The van der Waals surface area contributed by atoms with Crippen LogP contribution in [0.5, 0.6) is 0 Å². The number of carbonyl (C=O) groups excluding carboxylic acids is 1. The molecule has 1 aromatic carbocycles. The first-order valence-electron chi connectivity index (χ1n) is 7.16. The average Bonchev–Trinajstić information content (AvgIpc) is 2.50. The van der Waals surface area contributed by atoms with Crippen LogP contribution in [0.3, 0.4) is 0 Å². The summed E-state index contributed by atoms with van der Waals surface area (Å²) in [4.78, 5) is 14.4. The van der Waals surface area contributed by atoms with E-state index in [2.05, 4.69) is 4.90 Å². The second-order valence-corrected chi connectivity index (χ2v) is 5.30. The quantitative estimate of drug-likeness (QED) is 0.465. The number of Topliss-reactive ketones (excluding diaryl/α,β-unsaturated/α-hetero) is 1. The van der Waals surface area contributed by atoms with Gasteiger partial charge in [0, 0.05) is 57.5 Å². The third-order valence-electron chi connectivity index (χ3n) is 3.26. The molecule has 0 bridgehead atoms. The van der Waals surface area contributed by atoms with Crippen LogP contribution in [-0.4, -0.2) is 57.8 Å². The molecule has 0 amide bonds. The maximum absolute atomic E-state index is 12.1. The van der Waals surface area contributed by atoms with Crippen LogP contribution >= 0.6 is 11.6 Å². The number of ether oxygens (including phenoxy) is 2. The molecule has 1 rings (SSSR count). The van der Waals surface area contributed by atoms with Crippen molar-refractivity contribution in [2.24, 2.45) is 0 Å². The van der Waals surface area contributed by atoms with E-state index in [9.17, 15) is 4.79 Å². The topological polar surface area (TPSA) is 38.8 Å². The molecule has 0 aliphatic heterocycles. The lowest BCUT2D eigenvalue weighted by atomic mass is 10.1. The van der Waals surface area contributed by atoms with E-state index in [1.807, 2.05) is 0 Å². The molecule has 5 heteroatoms. The summed E-state index contributed by atoms with van der Waals surface area (Å²) in [5, 5.41) is 0.646. The van der Waals surface area contributed by atoms with E-state index in [0.29, 0.717) is 23.6 Å². The molecular formula is C16H24ClNO3. The number of hydrogen-bond acceptors (Lipinski definition) is 4. The van der Waals surface area contributed by atoms with Gasteiger partial charge in [-0.15, -0.1) is 0 Å². The minimum absolute atomic E-state index is 0.140. The van der Waals surface area contributed by atoms with Crippen molar-refractivity contribution in [3.05, 3.63) is 34.9 Å². The first kappa shape index (κ1) is 18.1. The monoisotopic (exact) mass is 313 g/mol. The molecule has 1 aromatic rings. The third-order valence-corrected chi connectivity index (χ3v) is 3.51. The van der Waals surface area contributed by atoms with Gasteiger partial charge in [0.15, 0.2) is 5.78 Å². The third kappa shape index (κ3) is 7.58. The van der Waals surface area contributed by atoms with Gasteiger partial charge < -0.3 is 14.4 Å². The molecule has 0 atom stereocenters. The van der Waals surface area contributed by atoms with Gasteiger partial charge in [0.2, 0.25) is 0 Å². The van der Waals surface area contributed by atoms with Crippen molar-refractivity contribution in [1.82, 2.24) is 4.90 Å². The first-order valence-corrected chi connectivity index (χ1v) is 7.54. The smallest absolute Gasteiger partial charge is 0.164 e. The van der Waals surface area contributed by atoms with Crippen LogP contribution in [0.4, 0.5) is 0 Å². The fraction of sp³-hybridized carbons (Fsp3) is 0.562. The molecular weight excluding hydrogens is 290 g/mol. The summed E-state index contributed by atoms with van der Waals surface area (Å²) in [7, 11) is 3.38. The van der Waals surface area contributed by atoms with E-state index in [1.54, 1.807) is 38.5 Å². The molecule has 0 saturated heterocycles. The van der Waals surface area contributed by atoms with E-state index in [0.717, 1.165) is 32.7 Å². The molecule has 0 aliphatic rings. The normalized spacial score (nSPS) is 11.0. The van der Waals surface area contributed by atoms with Crippen molar-refractivity contribution in [3.8, 4) is 0 Å². The van der Waals surface area contributed by atoms with Gasteiger partial charge in [0.05, 0.1) is 6.61 Å². The SMILES string of the molecule is COCCCN(CCOC)CCC(=O)c1ccc(Cl)cc1. The Hall–Kier alpha value is -0.940. The fourth-order valence-electron chi connectivity index (χ4n) is 2.03. The van der Waals surface area contributed by atoms with Crippen LogP contribution in [0.1, 0.15) is 23.2 Å². The average molecular weight is 314 g/mol. The van der Waals surface area contributed by atoms with Gasteiger partial charge in [0.1, 0.15) is 0 Å². The standard InChI is InChI=1S/C16H24ClNO3/c1-20-12-3-9-18(11-13-21-2)10-8-16(19)14-4-6-15(17)7-5-14/h4-7H,3,8-13H2,1-2H3. The number of benzene rings is 1. The number of nitrogens with zero attached hydrogens (tertiary/aromatic N) is 1. The molecule has 0 radical (unpaired) electrons. The number of hydrogen-bond donors (Lipinski definition) is 0. The molecule has 118 valence electrons. The maximum Gasteiger partial charge on any atom is 0.164 e. The van der Waals surface area contributed by atoms with Crippen LogP contribution in [0.15, 0.2) is 24.3 Å². The highest BCUT2D eigenvalue weighted by Crippen LogP contribution is 2.11. The molecule has 0 saturated carbocycles. The lowest BCUT2D eigenvalue weighted by Crippen LogP contribution is -2.31. The van der Waals surface area contributed by atoms with E-state index in [4.69, 9.17) is 21.1 Å². The fourth-order valence-corrected chi connectivity index (χ4v) is 2.15. The minimum atomic E-state index is 0.140. The maximum atomic E-state index is 12.1. The largest absolute Gasteiger partial charge is 0.385 e. The zero-order chi connectivity index (χ0) is 15.5. The molecule has 0 spiro atoms. The van der Waals surface area contributed by atoms with E-state index < -0.39 is 0 Å². The number of methoxy groups -OCH3 is 2. The highest BCUT2D eigenvalue weighted by atomic mass is 35.5. The zero-order valence-corrected chi connectivity index (χ0v) is 13.6. The second-order valence-electron chi connectivity index (χ2n) is 4.86. The van der Waals surface area contributed by atoms with Crippen LogP contribution < -0.4 is 0 Å². The minimum Gasteiger partial charge on any atom is -0.385 e. The summed E-state index contributed by atoms with van der Waals surface area (Å²) >= 11 is 5.83. The number of halogens is 1. The van der Waals surface area contributed by atoms with Gasteiger partial charge >= 0.3 is 0 Å². The van der Waals surface area contributed by atoms with Crippen LogP contribution in [-0.2, 0) is 9.47 Å². The van der Waals surface area contributed by atoms with Gasteiger partial charge in [-0.2, -0.15) is 0 Å². The Morgan fingerprint density at radius 2 is 1.71 bits per heavy atom. The summed E-state index contributed by atoms with van der Waals surface area (Å²) in [6.07, 6.45) is 1.45. The Kier molecular flexibility index (Phi) is 9.26. The lowest BCUT2D eigenvalue weighted by molar-refractivity contribution is 0.0940. The van der Waals surface area contributed by atoms with Gasteiger partial charge in [-0.25, -0.2) is 0 Å². The van der Waals surface area contributed by atoms with Crippen molar-refractivity contribution in [1.29, 1.82) is 0 Å². The number of carbonyl (C=O) groups is 1. The van der Waals surface area contributed by atoms with Crippen LogP contribution in [0.25, 0.3) is 0 Å². The molecule has 4 nitrogen and oxygen atoms in total. The molecule has 0 fully saturated rings. The highest BCUT2D eigenvalue weighted by molar-refractivity contribution is 6.30. The van der Waals surface area contributed by atoms with E-state index in [-0.39, 0.29) is 5.78 Å². The Labute approximate surface area is 132 Å². The summed E-state index contributed by atoms with van der Waals surface area (Å²) in [6, 6.07) is 7.04. The van der Waals surface area contributed by atoms with Crippen molar-refractivity contribution < 1.29 is 14.3 Å². The summed E-state index contributed by atoms with van der Waals surface area (Å²) in [5.41, 5.74) is 0.711. The predicted octanol–water partition coefficient (Wildman–Crippen LogP) is 2.90. The number of ketones is 1. The zero-order valence-electron chi connectivity index (χ0n) is 12.8. The second kappa shape index (κ2) is 10.7. The van der Waals surface area contributed by atoms with Gasteiger partial charge in [-0.1, -0.05) is 11.6 Å². The Morgan fingerprint density at radius 1 is 1.05 bits per heavy atom. The Morgan fingerprint density at radius 3 is 2.33 bits per heavy atom. The molecule has 0 aromatic heterocycles. The molecule has 0 heterocycles. The summed E-state index contributed by atoms with van der Waals surface area (Å²) in [5.74, 6) is 0.140. The highest BCUT2D eigenvalue weighted by Gasteiger charge is 2.10. The first-order chi connectivity index (χ1) is 10.2. The summed E-state index contributed by atoms with van der Waals surface area (Å²) < 4.78 is 10.2. The van der Waals surface area contributed by atoms with Gasteiger partial charge in [0.25, 0.3) is 0 Å².